The molecule has 0 unspecified atom stereocenters. The molecule has 2 aromatic carbocycles. The number of anilines is 1. The van der Waals surface area contributed by atoms with Gasteiger partial charge in [-0.3, -0.25) is 0 Å². The Hall–Kier alpha value is -0.940. The summed E-state index contributed by atoms with van der Waals surface area (Å²) in [6.07, 6.45) is 0. The lowest BCUT2D eigenvalue weighted by Gasteiger charge is -2.08. The molecule has 0 spiro atoms. The summed E-state index contributed by atoms with van der Waals surface area (Å²) in [6, 6.07) is 13.0. The third-order valence-corrected chi connectivity index (χ3v) is 3.33. The highest BCUT2D eigenvalue weighted by Gasteiger charge is 2.00. The summed E-state index contributed by atoms with van der Waals surface area (Å²) in [5, 5.41) is 13.2. The molecule has 0 amide bonds. The molecule has 17 heavy (non-hydrogen) atoms. The van der Waals surface area contributed by atoms with Crippen molar-refractivity contribution in [2.24, 2.45) is 0 Å². The molecule has 88 valence electrons. The van der Waals surface area contributed by atoms with E-state index < -0.39 is 0 Å². The van der Waals surface area contributed by atoms with E-state index in [1.54, 1.807) is 12.1 Å². The van der Waals surface area contributed by atoms with Gasteiger partial charge < -0.3 is 10.4 Å². The second-order valence-electron chi connectivity index (χ2n) is 3.64. The fraction of sp³-hybridized carbons (Fsp3) is 0.0769. The van der Waals surface area contributed by atoms with Crippen LogP contribution in [-0.4, -0.2) is 5.11 Å². The first-order valence-electron chi connectivity index (χ1n) is 5.12. The van der Waals surface area contributed by atoms with E-state index in [1.807, 2.05) is 30.3 Å². The van der Waals surface area contributed by atoms with Gasteiger partial charge >= 0.3 is 0 Å². The van der Waals surface area contributed by atoms with Crippen molar-refractivity contribution in [3.8, 4) is 5.75 Å². The Kier molecular flexibility index (Phi) is 4.12. The maximum absolute atomic E-state index is 9.17. The average Bonchev–Trinajstić information content (AvgIpc) is 2.30. The van der Waals surface area contributed by atoms with Crippen LogP contribution in [0.25, 0.3) is 0 Å². The van der Waals surface area contributed by atoms with Crippen LogP contribution in [0.1, 0.15) is 5.56 Å². The van der Waals surface area contributed by atoms with Crippen LogP contribution in [0.15, 0.2) is 42.5 Å². The smallest absolute Gasteiger partial charge is 0.115 e. The highest BCUT2D eigenvalue weighted by atomic mass is 127. The molecule has 2 aromatic rings. The molecule has 0 bridgehead atoms. The molecule has 0 aliphatic heterocycles. The molecule has 2 rings (SSSR count). The van der Waals surface area contributed by atoms with Crippen molar-refractivity contribution in [2.45, 2.75) is 6.54 Å². The second kappa shape index (κ2) is 5.60. The van der Waals surface area contributed by atoms with Gasteiger partial charge in [0.1, 0.15) is 5.75 Å². The number of phenolic OH excluding ortho intramolecular Hbond substituents is 1. The van der Waals surface area contributed by atoms with Gasteiger partial charge in [-0.2, -0.15) is 0 Å². The third-order valence-electron chi connectivity index (χ3n) is 2.35. The predicted octanol–water partition coefficient (Wildman–Crippen LogP) is 4.26. The largest absolute Gasteiger partial charge is 0.508 e. The molecule has 4 heteroatoms. The normalized spacial score (nSPS) is 10.2. The maximum Gasteiger partial charge on any atom is 0.115 e. The summed E-state index contributed by atoms with van der Waals surface area (Å²) >= 11 is 8.34. The minimum atomic E-state index is 0.279. The first kappa shape index (κ1) is 12.5. The Bertz CT molecular complexity index is 513. The van der Waals surface area contributed by atoms with Gasteiger partial charge in [0, 0.05) is 10.1 Å². The Morgan fingerprint density at radius 3 is 2.47 bits per heavy atom. The minimum Gasteiger partial charge on any atom is -0.508 e. The van der Waals surface area contributed by atoms with Gasteiger partial charge in [-0.05, 0) is 58.5 Å². The van der Waals surface area contributed by atoms with E-state index in [9.17, 15) is 5.11 Å². The average molecular weight is 360 g/mol. The van der Waals surface area contributed by atoms with E-state index in [1.165, 1.54) is 0 Å². The van der Waals surface area contributed by atoms with Crippen LogP contribution in [-0.2, 0) is 6.54 Å². The Morgan fingerprint density at radius 2 is 1.82 bits per heavy atom. The molecule has 0 saturated heterocycles. The zero-order valence-corrected chi connectivity index (χ0v) is 11.9. The van der Waals surface area contributed by atoms with Crippen molar-refractivity contribution in [1.29, 1.82) is 0 Å². The predicted molar refractivity (Wildman–Crippen MR) is 79.6 cm³/mol. The summed E-state index contributed by atoms with van der Waals surface area (Å²) in [7, 11) is 0. The summed E-state index contributed by atoms with van der Waals surface area (Å²) in [4.78, 5) is 0. The summed E-state index contributed by atoms with van der Waals surface area (Å²) in [5.41, 5.74) is 2.01. The van der Waals surface area contributed by atoms with Crippen molar-refractivity contribution in [3.05, 3.63) is 56.6 Å². The van der Waals surface area contributed by atoms with Crippen LogP contribution < -0.4 is 5.32 Å². The Labute approximate surface area is 119 Å². The van der Waals surface area contributed by atoms with Crippen molar-refractivity contribution in [1.82, 2.24) is 0 Å². The maximum atomic E-state index is 9.17. The van der Waals surface area contributed by atoms with Crippen LogP contribution in [0.5, 0.6) is 5.75 Å². The minimum absolute atomic E-state index is 0.279. The van der Waals surface area contributed by atoms with Crippen molar-refractivity contribution in [2.75, 3.05) is 5.32 Å². The van der Waals surface area contributed by atoms with E-state index in [4.69, 9.17) is 11.6 Å². The number of aromatic hydroxyl groups is 1. The Morgan fingerprint density at radius 1 is 1.12 bits per heavy atom. The van der Waals surface area contributed by atoms with E-state index in [0.717, 1.165) is 19.8 Å². The number of nitrogens with one attached hydrogen (secondary N) is 1. The van der Waals surface area contributed by atoms with Crippen molar-refractivity contribution in [3.63, 3.8) is 0 Å². The number of phenols is 1. The lowest BCUT2D eigenvalue weighted by Crippen LogP contribution is -1.99. The topological polar surface area (TPSA) is 32.3 Å². The number of halogens is 2. The van der Waals surface area contributed by atoms with Gasteiger partial charge in [-0.25, -0.2) is 0 Å². The molecule has 0 atom stereocenters. The first-order chi connectivity index (χ1) is 8.15. The van der Waals surface area contributed by atoms with Crippen LogP contribution in [0.4, 0.5) is 5.69 Å². The lowest BCUT2D eigenvalue weighted by atomic mass is 10.2. The summed E-state index contributed by atoms with van der Waals surface area (Å²) in [6.45, 7) is 0.681. The first-order valence-corrected chi connectivity index (χ1v) is 6.57. The molecule has 0 heterocycles. The van der Waals surface area contributed by atoms with Gasteiger partial charge in [0.15, 0.2) is 0 Å². The molecule has 2 nitrogen and oxygen atoms in total. The van der Waals surface area contributed by atoms with Crippen LogP contribution in [0.3, 0.4) is 0 Å². The van der Waals surface area contributed by atoms with Gasteiger partial charge in [0.05, 0.1) is 10.7 Å². The molecular weight excluding hydrogens is 349 g/mol. The second-order valence-corrected chi connectivity index (χ2v) is 5.30. The lowest BCUT2D eigenvalue weighted by molar-refractivity contribution is 0.475. The van der Waals surface area contributed by atoms with Crippen molar-refractivity contribution < 1.29 is 5.11 Å². The van der Waals surface area contributed by atoms with E-state index in [-0.39, 0.29) is 5.75 Å². The van der Waals surface area contributed by atoms with Gasteiger partial charge in [-0.1, -0.05) is 23.7 Å². The zero-order chi connectivity index (χ0) is 12.3. The van der Waals surface area contributed by atoms with Gasteiger partial charge in [0.25, 0.3) is 0 Å². The van der Waals surface area contributed by atoms with Crippen LogP contribution >= 0.6 is 34.2 Å². The van der Waals surface area contributed by atoms with Crippen LogP contribution in [0.2, 0.25) is 5.02 Å². The monoisotopic (exact) mass is 359 g/mol. The molecule has 0 fully saturated rings. The van der Waals surface area contributed by atoms with Gasteiger partial charge in [0.2, 0.25) is 0 Å². The number of hydrogen-bond donors (Lipinski definition) is 2. The van der Waals surface area contributed by atoms with Crippen LogP contribution in [0, 0.1) is 3.57 Å². The highest BCUT2D eigenvalue weighted by molar-refractivity contribution is 14.1. The number of hydrogen-bond acceptors (Lipinski definition) is 2. The molecule has 0 aliphatic carbocycles. The number of benzene rings is 2. The molecule has 2 N–H and O–H groups in total. The van der Waals surface area contributed by atoms with Crippen molar-refractivity contribution >= 4 is 39.9 Å². The standard InChI is InChI=1S/C13H11ClINO/c14-12-7-10(15)3-6-13(12)16-8-9-1-4-11(17)5-2-9/h1-7,16-17H,8H2. The molecule has 0 radical (unpaired) electrons. The highest BCUT2D eigenvalue weighted by Crippen LogP contribution is 2.24. The quantitative estimate of drug-likeness (QED) is 0.803. The fourth-order valence-corrected chi connectivity index (χ4v) is 2.37. The molecular formula is C13H11ClINO. The van der Waals surface area contributed by atoms with E-state index in [2.05, 4.69) is 27.9 Å². The molecule has 0 saturated carbocycles. The fourth-order valence-electron chi connectivity index (χ4n) is 1.44. The molecule has 0 aliphatic rings. The van der Waals surface area contributed by atoms with E-state index >= 15 is 0 Å². The summed E-state index contributed by atoms with van der Waals surface area (Å²) < 4.78 is 1.11. The molecule has 0 aromatic heterocycles. The number of rotatable bonds is 3. The third kappa shape index (κ3) is 3.51. The van der Waals surface area contributed by atoms with E-state index in [0.29, 0.717) is 6.54 Å². The SMILES string of the molecule is Oc1ccc(CNc2ccc(I)cc2Cl)cc1. The Balaban J connectivity index is 2.04. The van der Waals surface area contributed by atoms with Gasteiger partial charge in [-0.15, -0.1) is 0 Å². The zero-order valence-electron chi connectivity index (χ0n) is 8.95. The summed E-state index contributed by atoms with van der Waals surface area (Å²) in [5.74, 6) is 0.279.